The van der Waals surface area contributed by atoms with Crippen molar-refractivity contribution in [2.45, 2.75) is 0 Å². The Morgan fingerprint density at radius 1 is 1.06 bits per heavy atom. The number of methoxy groups -OCH3 is 2. The number of rotatable bonds is 6. The predicted molar refractivity (Wildman–Crippen MR) is 116 cm³/mol. The van der Waals surface area contributed by atoms with Gasteiger partial charge in [0.2, 0.25) is 0 Å². The topological polar surface area (TPSA) is 103 Å². The van der Waals surface area contributed by atoms with Crippen LogP contribution in [0.25, 0.3) is 11.3 Å². The summed E-state index contributed by atoms with van der Waals surface area (Å²) >= 11 is 0. The van der Waals surface area contributed by atoms with Crippen molar-refractivity contribution in [1.82, 2.24) is 9.88 Å². The summed E-state index contributed by atoms with van der Waals surface area (Å²) < 4.78 is 21.5. The fourth-order valence-electron chi connectivity index (χ4n) is 3.50. The summed E-state index contributed by atoms with van der Waals surface area (Å²) in [7, 11) is 3.04. The average Bonchev–Trinajstić information content (AvgIpc) is 3.34. The lowest BCUT2D eigenvalue weighted by Crippen LogP contribution is -2.40. The van der Waals surface area contributed by atoms with Gasteiger partial charge in [0, 0.05) is 24.7 Å². The van der Waals surface area contributed by atoms with Crippen LogP contribution in [0, 0.1) is 0 Å². The molecule has 1 aromatic heterocycles. The van der Waals surface area contributed by atoms with Crippen LogP contribution in [-0.2, 0) is 4.74 Å². The summed E-state index contributed by atoms with van der Waals surface area (Å²) in [6, 6.07) is 12.1. The first-order chi connectivity index (χ1) is 15.6. The van der Waals surface area contributed by atoms with E-state index < -0.39 is 5.91 Å². The number of carbonyl (C=O) groups excluding carboxylic acids is 2. The number of hydrogen-bond donors (Lipinski definition) is 1. The normalized spacial score (nSPS) is 13.5. The lowest BCUT2D eigenvalue weighted by molar-refractivity contribution is 0.0303. The van der Waals surface area contributed by atoms with E-state index in [2.05, 4.69) is 10.3 Å². The lowest BCUT2D eigenvalue weighted by atomic mass is 10.0. The van der Waals surface area contributed by atoms with Crippen LogP contribution in [0.4, 0.5) is 5.69 Å². The molecular formula is C23H23N3O6. The summed E-state index contributed by atoms with van der Waals surface area (Å²) in [5.74, 6) is 0.576. The van der Waals surface area contributed by atoms with Gasteiger partial charge in [-0.05, 0) is 18.2 Å². The molecule has 9 heteroatoms. The van der Waals surface area contributed by atoms with E-state index in [0.29, 0.717) is 54.6 Å². The first kappa shape index (κ1) is 21.4. The molecule has 1 fully saturated rings. The van der Waals surface area contributed by atoms with E-state index in [-0.39, 0.29) is 17.4 Å². The predicted octanol–water partition coefficient (Wildman–Crippen LogP) is 3.08. The van der Waals surface area contributed by atoms with Gasteiger partial charge < -0.3 is 28.8 Å². The largest absolute Gasteiger partial charge is 0.497 e. The van der Waals surface area contributed by atoms with Gasteiger partial charge in [-0.2, -0.15) is 0 Å². The van der Waals surface area contributed by atoms with Crippen LogP contribution in [-0.4, -0.2) is 62.2 Å². The standard InChI is InChI=1S/C23H23N3O6/c1-29-15-7-8-19(30-2)18(13-15)25-22(27)20-21(32-14-24-20)16-5-3-4-6-17(16)23(28)26-9-11-31-12-10-26/h3-8,13-14H,9-12H2,1-2H3,(H,25,27). The molecular weight excluding hydrogens is 414 g/mol. The van der Waals surface area contributed by atoms with Gasteiger partial charge in [-0.1, -0.05) is 18.2 Å². The number of carbonyl (C=O) groups is 2. The molecule has 2 amide bonds. The number of oxazole rings is 1. The highest BCUT2D eigenvalue weighted by molar-refractivity contribution is 6.09. The average molecular weight is 437 g/mol. The molecule has 2 heterocycles. The number of nitrogens with one attached hydrogen (secondary N) is 1. The van der Waals surface area contributed by atoms with E-state index in [1.54, 1.807) is 47.4 Å². The van der Waals surface area contributed by atoms with Gasteiger partial charge >= 0.3 is 0 Å². The van der Waals surface area contributed by atoms with Crippen molar-refractivity contribution in [3.8, 4) is 22.8 Å². The van der Waals surface area contributed by atoms with E-state index in [9.17, 15) is 9.59 Å². The molecule has 1 aliphatic heterocycles. The minimum Gasteiger partial charge on any atom is -0.497 e. The van der Waals surface area contributed by atoms with Crippen LogP contribution in [0.3, 0.4) is 0 Å². The molecule has 2 aromatic carbocycles. The van der Waals surface area contributed by atoms with Crippen molar-refractivity contribution in [3.05, 3.63) is 60.1 Å². The Balaban J connectivity index is 1.65. The third-order valence-corrected chi connectivity index (χ3v) is 5.14. The van der Waals surface area contributed by atoms with Crippen LogP contribution in [0.5, 0.6) is 11.5 Å². The van der Waals surface area contributed by atoms with E-state index in [4.69, 9.17) is 18.6 Å². The number of benzene rings is 2. The SMILES string of the molecule is COc1ccc(OC)c(NC(=O)c2ncoc2-c2ccccc2C(=O)N2CCOCC2)c1. The lowest BCUT2D eigenvalue weighted by Gasteiger charge is -2.27. The zero-order chi connectivity index (χ0) is 22.5. The number of anilines is 1. The van der Waals surface area contributed by atoms with Crippen LogP contribution >= 0.6 is 0 Å². The minimum absolute atomic E-state index is 0.0529. The highest BCUT2D eigenvalue weighted by atomic mass is 16.5. The highest BCUT2D eigenvalue weighted by Gasteiger charge is 2.26. The zero-order valence-corrected chi connectivity index (χ0v) is 17.8. The molecule has 0 aliphatic carbocycles. The molecule has 0 spiro atoms. The molecule has 1 aliphatic rings. The second-order valence-corrected chi connectivity index (χ2v) is 7.00. The smallest absolute Gasteiger partial charge is 0.278 e. The summed E-state index contributed by atoms with van der Waals surface area (Å²) in [6.07, 6.45) is 1.18. The van der Waals surface area contributed by atoms with Crippen LogP contribution in [0.2, 0.25) is 0 Å². The second kappa shape index (κ2) is 9.52. The number of nitrogens with zero attached hydrogens (tertiary/aromatic N) is 2. The number of morpholine rings is 1. The number of hydrogen-bond acceptors (Lipinski definition) is 7. The molecule has 1 N–H and O–H groups in total. The number of aromatic nitrogens is 1. The molecule has 3 aromatic rings. The Morgan fingerprint density at radius 3 is 2.59 bits per heavy atom. The third-order valence-electron chi connectivity index (χ3n) is 5.14. The van der Waals surface area contributed by atoms with Crippen molar-refractivity contribution in [2.75, 3.05) is 45.8 Å². The Bertz CT molecular complexity index is 1120. The fourth-order valence-corrected chi connectivity index (χ4v) is 3.50. The highest BCUT2D eigenvalue weighted by Crippen LogP contribution is 2.32. The molecule has 0 atom stereocenters. The maximum atomic E-state index is 13.1. The van der Waals surface area contributed by atoms with Gasteiger partial charge in [0.15, 0.2) is 17.8 Å². The van der Waals surface area contributed by atoms with Crippen molar-refractivity contribution in [2.24, 2.45) is 0 Å². The van der Waals surface area contributed by atoms with Gasteiger partial charge in [0.05, 0.1) is 38.7 Å². The third kappa shape index (κ3) is 4.28. The first-order valence-electron chi connectivity index (χ1n) is 10.1. The molecule has 9 nitrogen and oxygen atoms in total. The Hall–Kier alpha value is -3.85. The Morgan fingerprint density at radius 2 is 1.84 bits per heavy atom. The molecule has 4 rings (SSSR count). The Kier molecular flexibility index (Phi) is 6.37. The van der Waals surface area contributed by atoms with E-state index in [1.165, 1.54) is 20.6 Å². The summed E-state index contributed by atoms with van der Waals surface area (Å²) in [5.41, 5.74) is 1.39. The number of amides is 2. The molecule has 1 saturated heterocycles. The number of ether oxygens (including phenoxy) is 3. The van der Waals surface area contributed by atoms with Gasteiger partial charge in [0.1, 0.15) is 11.5 Å². The first-order valence-corrected chi connectivity index (χ1v) is 10.1. The molecule has 0 bridgehead atoms. The molecule has 0 radical (unpaired) electrons. The van der Waals surface area contributed by atoms with Crippen molar-refractivity contribution < 1.29 is 28.2 Å². The van der Waals surface area contributed by atoms with E-state index in [0.717, 1.165) is 0 Å². The van der Waals surface area contributed by atoms with Crippen LogP contribution < -0.4 is 14.8 Å². The minimum atomic E-state index is -0.506. The zero-order valence-electron chi connectivity index (χ0n) is 17.8. The molecule has 0 unspecified atom stereocenters. The molecule has 32 heavy (non-hydrogen) atoms. The van der Waals surface area contributed by atoms with Gasteiger partial charge in [-0.25, -0.2) is 4.98 Å². The summed E-state index contributed by atoms with van der Waals surface area (Å²) in [6.45, 7) is 2.00. The molecule has 0 saturated carbocycles. The summed E-state index contributed by atoms with van der Waals surface area (Å²) in [5, 5.41) is 2.78. The maximum Gasteiger partial charge on any atom is 0.278 e. The van der Waals surface area contributed by atoms with E-state index >= 15 is 0 Å². The second-order valence-electron chi connectivity index (χ2n) is 7.00. The van der Waals surface area contributed by atoms with Gasteiger partial charge in [-0.3, -0.25) is 9.59 Å². The van der Waals surface area contributed by atoms with Crippen molar-refractivity contribution in [1.29, 1.82) is 0 Å². The maximum absolute atomic E-state index is 13.1. The van der Waals surface area contributed by atoms with Crippen molar-refractivity contribution in [3.63, 3.8) is 0 Å². The van der Waals surface area contributed by atoms with Gasteiger partial charge in [-0.15, -0.1) is 0 Å². The van der Waals surface area contributed by atoms with Gasteiger partial charge in [0.25, 0.3) is 11.8 Å². The van der Waals surface area contributed by atoms with Crippen LogP contribution in [0.1, 0.15) is 20.8 Å². The van der Waals surface area contributed by atoms with Crippen LogP contribution in [0.15, 0.2) is 53.3 Å². The van der Waals surface area contributed by atoms with E-state index in [1.807, 2.05) is 0 Å². The fraction of sp³-hybridized carbons (Fsp3) is 0.261. The monoisotopic (exact) mass is 437 g/mol. The Labute approximate surface area is 184 Å². The quantitative estimate of drug-likeness (QED) is 0.632. The molecule has 166 valence electrons. The summed E-state index contributed by atoms with van der Waals surface area (Å²) in [4.78, 5) is 32.0. The van der Waals surface area contributed by atoms with Crippen molar-refractivity contribution >= 4 is 17.5 Å².